The lowest BCUT2D eigenvalue weighted by atomic mass is 10.0. The van der Waals surface area contributed by atoms with Crippen LogP contribution in [-0.2, 0) is 9.89 Å². The summed E-state index contributed by atoms with van der Waals surface area (Å²) < 4.78 is 10.8. The Labute approximate surface area is 141 Å². The van der Waals surface area contributed by atoms with Gasteiger partial charge in [-0.1, -0.05) is 58.8 Å². The molecule has 0 aliphatic rings. The minimum absolute atomic E-state index is 0.0174. The summed E-state index contributed by atoms with van der Waals surface area (Å²) in [7, 11) is 6.46. The second-order valence-electron chi connectivity index (χ2n) is 6.21. The van der Waals surface area contributed by atoms with Crippen LogP contribution in [-0.4, -0.2) is 28.0 Å². The molecule has 2 aromatic carbocycles. The van der Waals surface area contributed by atoms with Gasteiger partial charge in [0.15, 0.2) is 6.79 Å². The van der Waals surface area contributed by atoms with Gasteiger partial charge in [0.25, 0.3) is 0 Å². The van der Waals surface area contributed by atoms with Gasteiger partial charge in [0.05, 0.1) is 0 Å². The van der Waals surface area contributed by atoms with Gasteiger partial charge in [0.1, 0.15) is 5.75 Å². The number of methoxy groups -OCH3 is 1. The van der Waals surface area contributed by atoms with E-state index in [1.807, 2.05) is 12.1 Å². The second-order valence-corrected chi connectivity index (χ2v) is 8.25. The Balaban J connectivity index is 2.33. The zero-order chi connectivity index (χ0) is 16.9. The average Bonchev–Trinajstić information content (AvgIpc) is 2.53. The molecular formula is C19H26NO2P. The van der Waals surface area contributed by atoms with E-state index in [0.717, 1.165) is 5.75 Å². The van der Waals surface area contributed by atoms with Crippen LogP contribution in [0, 0.1) is 0 Å². The van der Waals surface area contributed by atoms with E-state index in [1.165, 1.54) is 16.6 Å². The third kappa shape index (κ3) is 4.46. The minimum Gasteiger partial charge on any atom is -0.467 e. The number of ether oxygens (including phenoxy) is 2. The topological polar surface area (TPSA) is 21.7 Å². The predicted octanol–water partition coefficient (Wildman–Crippen LogP) is 3.97. The molecular weight excluding hydrogens is 305 g/mol. The Bertz CT molecular complexity index is 641. The fourth-order valence-corrected chi connectivity index (χ4v) is 4.23. The van der Waals surface area contributed by atoms with E-state index in [9.17, 15) is 0 Å². The molecule has 3 nitrogen and oxygen atoms in total. The van der Waals surface area contributed by atoms with Crippen LogP contribution in [0.1, 0.15) is 19.4 Å². The Morgan fingerprint density at radius 2 is 1.65 bits per heavy atom. The van der Waals surface area contributed by atoms with Gasteiger partial charge in [-0.2, -0.15) is 0 Å². The number of rotatable bonds is 7. The zero-order valence-electron chi connectivity index (χ0n) is 14.6. The molecule has 2 rings (SSSR count). The molecule has 0 aromatic heterocycles. The smallest absolute Gasteiger partial charge is 0.188 e. The lowest BCUT2D eigenvalue weighted by Gasteiger charge is -2.29. The molecule has 0 saturated heterocycles. The van der Waals surface area contributed by atoms with Crippen molar-refractivity contribution in [3.8, 4) is 5.75 Å². The molecule has 0 fully saturated rings. The quantitative estimate of drug-likeness (QED) is 0.566. The molecule has 23 heavy (non-hydrogen) atoms. The van der Waals surface area contributed by atoms with Gasteiger partial charge in [-0.3, -0.25) is 0 Å². The molecule has 124 valence electrons. The van der Waals surface area contributed by atoms with Crippen molar-refractivity contribution in [1.29, 1.82) is 0 Å². The summed E-state index contributed by atoms with van der Waals surface area (Å²) in [6.07, 6.45) is 0. The molecule has 4 heteroatoms. The minimum atomic E-state index is -0.0174. The summed E-state index contributed by atoms with van der Waals surface area (Å²) in [5, 5.41) is 1.35. The van der Waals surface area contributed by atoms with Gasteiger partial charge in [0.2, 0.25) is 0 Å². The molecule has 1 atom stereocenters. The highest BCUT2D eigenvalue weighted by atomic mass is 31.1. The highest BCUT2D eigenvalue weighted by molar-refractivity contribution is 7.49. The number of hydrogen-bond donors (Lipinski definition) is 0. The number of para-hydroxylation sites is 2. The normalized spacial score (nSPS) is 11.9. The van der Waals surface area contributed by atoms with Gasteiger partial charge >= 0.3 is 0 Å². The molecule has 0 aliphatic carbocycles. The Morgan fingerprint density at radius 1 is 1.00 bits per heavy atom. The summed E-state index contributed by atoms with van der Waals surface area (Å²) in [5.41, 5.74) is 2.48. The van der Waals surface area contributed by atoms with E-state index >= 15 is 0 Å². The Kier molecular flexibility index (Phi) is 6.04. The van der Waals surface area contributed by atoms with E-state index in [2.05, 4.69) is 69.2 Å². The Hall–Kier alpha value is -1.57. The molecule has 0 saturated carbocycles. The molecule has 0 heterocycles. The zero-order valence-corrected chi connectivity index (χ0v) is 15.6. The van der Waals surface area contributed by atoms with Crippen LogP contribution in [0.5, 0.6) is 5.75 Å². The number of benzene rings is 2. The predicted molar refractivity (Wildman–Crippen MR) is 101 cm³/mol. The summed E-state index contributed by atoms with van der Waals surface area (Å²) in [5.74, 6) is 0.897. The first-order valence-corrected chi connectivity index (χ1v) is 8.71. The van der Waals surface area contributed by atoms with Crippen molar-refractivity contribution in [2.45, 2.75) is 19.0 Å². The van der Waals surface area contributed by atoms with Crippen LogP contribution in [0.2, 0.25) is 0 Å². The van der Waals surface area contributed by atoms with Crippen LogP contribution in [0.3, 0.4) is 0 Å². The van der Waals surface area contributed by atoms with Crippen LogP contribution < -0.4 is 14.9 Å². The summed E-state index contributed by atoms with van der Waals surface area (Å²) in [4.78, 5) is 2.17. The Morgan fingerprint density at radius 3 is 2.35 bits per heavy atom. The van der Waals surface area contributed by atoms with E-state index in [4.69, 9.17) is 9.47 Å². The van der Waals surface area contributed by atoms with Crippen LogP contribution in [0.25, 0.3) is 0 Å². The average molecular weight is 331 g/mol. The van der Waals surface area contributed by atoms with Gasteiger partial charge in [-0.15, -0.1) is 0 Å². The highest BCUT2D eigenvalue weighted by Gasteiger charge is 2.26. The lowest BCUT2D eigenvalue weighted by molar-refractivity contribution is 0.0501. The molecule has 1 unspecified atom stereocenters. The first-order valence-electron chi connectivity index (χ1n) is 7.71. The first kappa shape index (κ1) is 17.8. The number of anilines is 1. The van der Waals surface area contributed by atoms with Crippen molar-refractivity contribution >= 4 is 19.6 Å². The maximum Gasteiger partial charge on any atom is 0.188 e. The largest absolute Gasteiger partial charge is 0.467 e. The van der Waals surface area contributed by atoms with Crippen LogP contribution in [0.15, 0.2) is 48.5 Å². The molecule has 0 aliphatic heterocycles. The van der Waals surface area contributed by atoms with Gasteiger partial charge in [-0.25, -0.2) is 0 Å². The molecule has 2 aromatic rings. The van der Waals surface area contributed by atoms with Crippen molar-refractivity contribution in [2.75, 3.05) is 32.9 Å². The third-order valence-corrected chi connectivity index (χ3v) is 5.31. The van der Waals surface area contributed by atoms with E-state index < -0.39 is 0 Å². The van der Waals surface area contributed by atoms with Crippen molar-refractivity contribution in [2.24, 2.45) is 0 Å². The van der Waals surface area contributed by atoms with E-state index in [1.54, 1.807) is 7.11 Å². The molecule has 0 bridgehead atoms. The first-order chi connectivity index (χ1) is 11.0. The molecule has 0 radical (unpaired) electrons. The van der Waals surface area contributed by atoms with Crippen molar-refractivity contribution in [1.82, 2.24) is 0 Å². The van der Waals surface area contributed by atoms with Crippen molar-refractivity contribution in [3.05, 3.63) is 54.1 Å². The molecule has 0 N–H and O–H groups in total. The molecule has 0 spiro atoms. The fraction of sp³-hybridized carbons (Fsp3) is 0.368. The second kappa shape index (κ2) is 7.81. The fourth-order valence-electron chi connectivity index (χ4n) is 2.60. The standard InChI is InChI=1S/C19H26NO2P/c1-19(2,15-10-6-8-12-17(15)22-14-21-5)23-18-13-9-7-11-16(18)20(3)4/h6-13,23H,14H2,1-5H3. The summed E-state index contributed by atoms with van der Waals surface area (Å²) >= 11 is 0. The summed E-state index contributed by atoms with van der Waals surface area (Å²) in [6.45, 7) is 4.81. The van der Waals surface area contributed by atoms with Gasteiger partial charge in [-0.05, 0) is 17.4 Å². The van der Waals surface area contributed by atoms with Gasteiger partial charge in [0, 0.05) is 37.6 Å². The maximum absolute atomic E-state index is 5.76. The number of nitrogens with zero attached hydrogens (tertiary/aromatic N) is 1. The van der Waals surface area contributed by atoms with Crippen molar-refractivity contribution < 1.29 is 9.47 Å². The SMILES string of the molecule is COCOc1ccccc1C(C)(C)Pc1ccccc1N(C)C. The number of hydrogen-bond acceptors (Lipinski definition) is 3. The maximum atomic E-state index is 5.76. The van der Waals surface area contributed by atoms with Crippen molar-refractivity contribution in [3.63, 3.8) is 0 Å². The summed E-state index contributed by atoms with van der Waals surface area (Å²) in [6, 6.07) is 16.8. The highest BCUT2D eigenvalue weighted by Crippen LogP contribution is 2.45. The monoisotopic (exact) mass is 331 g/mol. The lowest BCUT2D eigenvalue weighted by Crippen LogP contribution is -2.21. The van der Waals surface area contributed by atoms with Crippen LogP contribution in [0.4, 0.5) is 5.69 Å². The van der Waals surface area contributed by atoms with Gasteiger partial charge < -0.3 is 14.4 Å². The third-order valence-electron chi connectivity index (χ3n) is 3.73. The van der Waals surface area contributed by atoms with E-state index in [0.29, 0.717) is 8.58 Å². The van der Waals surface area contributed by atoms with E-state index in [-0.39, 0.29) is 11.9 Å². The molecule has 0 amide bonds. The van der Waals surface area contributed by atoms with Crippen LogP contribution >= 0.6 is 8.58 Å².